The van der Waals surface area contributed by atoms with E-state index in [0.29, 0.717) is 17.1 Å². The summed E-state index contributed by atoms with van der Waals surface area (Å²) in [5, 5.41) is 7.16. The Balaban J connectivity index is 1.76. The molecule has 0 heterocycles. The van der Waals surface area contributed by atoms with Crippen molar-refractivity contribution in [3.63, 3.8) is 0 Å². The molecule has 0 fully saturated rings. The molecule has 0 unspecified atom stereocenters. The zero-order valence-electron chi connectivity index (χ0n) is 17.8. The Morgan fingerprint density at radius 1 is 0.875 bits per heavy atom. The minimum absolute atomic E-state index is 0.0190. The third kappa shape index (κ3) is 8.38. The molecule has 2 aromatic carbocycles. The third-order valence-electron chi connectivity index (χ3n) is 4.06. The van der Waals surface area contributed by atoms with Crippen LogP contribution in [0, 0.1) is 5.82 Å². The molecule has 0 aliphatic heterocycles. The van der Waals surface area contributed by atoms with Crippen LogP contribution < -0.4 is 16.0 Å². The lowest BCUT2D eigenvalue weighted by molar-refractivity contribution is -0.152. The van der Waals surface area contributed by atoms with Gasteiger partial charge < -0.3 is 20.7 Å². The first-order valence-electron chi connectivity index (χ1n) is 9.70. The van der Waals surface area contributed by atoms with Crippen LogP contribution in [0.3, 0.4) is 0 Å². The van der Waals surface area contributed by atoms with Gasteiger partial charge in [-0.1, -0.05) is 0 Å². The van der Waals surface area contributed by atoms with Gasteiger partial charge in [-0.3, -0.25) is 19.2 Å². The van der Waals surface area contributed by atoms with Crippen LogP contribution in [-0.2, 0) is 23.9 Å². The number of benzene rings is 2. The summed E-state index contributed by atoms with van der Waals surface area (Å²) < 4.78 is 18.1. The molecule has 3 N–H and O–H groups in total. The Morgan fingerprint density at radius 2 is 1.38 bits per heavy atom. The number of ether oxygens (including phenoxy) is 1. The number of hydrogen-bond acceptors (Lipinski definition) is 6. The summed E-state index contributed by atoms with van der Waals surface area (Å²) in [7, 11) is 0. The lowest BCUT2D eigenvalue weighted by Gasteiger charge is -2.16. The van der Waals surface area contributed by atoms with Crippen LogP contribution >= 0.6 is 11.8 Å². The summed E-state index contributed by atoms with van der Waals surface area (Å²) in [6.45, 7) is 4.41. The van der Waals surface area contributed by atoms with Crippen LogP contribution in [0.1, 0.15) is 20.8 Å². The molecule has 0 bridgehead atoms. The van der Waals surface area contributed by atoms with E-state index in [1.807, 2.05) is 0 Å². The van der Waals surface area contributed by atoms with Crippen molar-refractivity contribution in [1.82, 2.24) is 0 Å². The van der Waals surface area contributed by atoms with E-state index in [9.17, 15) is 23.6 Å². The zero-order valence-corrected chi connectivity index (χ0v) is 18.6. The second-order valence-electron chi connectivity index (χ2n) is 6.84. The van der Waals surface area contributed by atoms with Gasteiger partial charge in [0.2, 0.25) is 11.8 Å². The molecule has 10 heteroatoms. The van der Waals surface area contributed by atoms with Gasteiger partial charge in [-0.25, -0.2) is 4.39 Å². The van der Waals surface area contributed by atoms with Crippen molar-refractivity contribution in [3.8, 4) is 0 Å². The van der Waals surface area contributed by atoms with Crippen molar-refractivity contribution < 1.29 is 28.3 Å². The van der Waals surface area contributed by atoms with Gasteiger partial charge in [0.1, 0.15) is 11.1 Å². The van der Waals surface area contributed by atoms with Crippen LogP contribution in [0.15, 0.2) is 48.5 Å². The number of hydrogen-bond donors (Lipinski definition) is 3. The minimum atomic E-state index is -1.05. The monoisotopic (exact) mass is 461 g/mol. The van der Waals surface area contributed by atoms with E-state index < -0.39 is 29.0 Å². The first kappa shape index (κ1) is 24.9. The number of carbonyl (C=O) groups is 4. The molecule has 0 aliphatic rings. The Labute approximate surface area is 189 Å². The van der Waals surface area contributed by atoms with Gasteiger partial charge >= 0.3 is 5.97 Å². The standard InChI is InChI=1S/C22H24FN3O5S/c1-13(21(29)26-19-10-8-17(9-11-19)24-15(3)27)31-22(30)14(2)32-12-20(28)25-18-6-4-16(23)5-7-18/h4-11,13-14H,12H2,1-3H3,(H,24,27)(H,25,28)(H,26,29)/t13-,14-/m1/s1. The SMILES string of the molecule is CC(=O)Nc1ccc(NC(=O)[C@@H](C)OC(=O)[C@@H](C)SCC(=O)Nc2ccc(F)cc2)cc1. The zero-order chi connectivity index (χ0) is 23.7. The highest BCUT2D eigenvalue weighted by Crippen LogP contribution is 2.17. The summed E-state index contributed by atoms with van der Waals surface area (Å²) >= 11 is 1.05. The van der Waals surface area contributed by atoms with Crippen molar-refractivity contribution in [2.45, 2.75) is 32.1 Å². The molecule has 32 heavy (non-hydrogen) atoms. The van der Waals surface area contributed by atoms with E-state index in [4.69, 9.17) is 4.74 Å². The number of rotatable bonds is 9. The average molecular weight is 462 g/mol. The number of amides is 3. The van der Waals surface area contributed by atoms with Crippen molar-refractivity contribution in [3.05, 3.63) is 54.3 Å². The highest BCUT2D eigenvalue weighted by atomic mass is 32.2. The topological polar surface area (TPSA) is 114 Å². The van der Waals surface area contributed by atoms with Crippen molar-refractivity contribution in [2.24, 2.45) is 0 Å². The van der Waals surface area contributed by atoms with E-state index in [-0.39, 0.29) is 17.6 Å². The molecule has 3 amide bonds. The fraction of sp³-hybridized carbons (Fsp3) is 0.273. The predicted octanol–water partition coefficient (Wildman–Crippen LogP) is 3.41. The molecule has 2 aromatic rings. The molecule has 170 valence electrons. The summed E-state index contributed by atoms with van der Waals surface area (Å²) in [6, 6.07) is 11.8. The molecule has 0 aromatic heterocycles. The van der Waals surface area contributed by atoms with Gasteiger partial charge in [0, 0.05) is 24.0 Å². The normalized spacial score (nSPS) is 12.2. The van der Waals surface area contributed by atoms with Crippen molar-refractivity contribution >= 4 is 52.5 Å². The number of esters is 1. The number of thioether (sulfide) groups is 1. The van der Waals surface area contributed by atoms with Gasteiger partial charge in [0.15, 0.2) is 6.10 Å². The number of nitrogens with one attached hydrogen (secondary N) is 3. The molecule has 0 saturated heterocycles. The summed E-state index contributed by atoms with van der Waals surface area (Å²) in [5.41, 5.74) is 1.51. The Kier molecular flexibility index (Phi) is 9.21. The number of anilines is 3. The molecule has 0 spiro atoms. The number of halogens is 1. The van der Waals surface area contributed by atoms with E-state index in [1.165, 1.54) is 38.1 Å². The second kappa shape index (κ2) is 11.8. The lowest BCUT2D eigenvalue weighted by atomic mass is 10.2. The average Bonchev–Trinajstić information content (AvgIpc) is 2.74. The van der Waals surface area contributed by atoms with E-state index in [2.05, 4.69) is 16.0 Å². The van der Waals surface area contributed by atoms with E-state index in [0.717, 1.165) is 11.8 Å². The van der Waals surface area contributed by atoms with Gasteiger partial charge in [-0.2, -0.15) is 0 Å². The van der Waals surface area contributed by atoms with Crippen molar-refractivity contribution in [1.29, 1.82) is 0 Å². The first-order valence-corrected chi connectivity index (χ1v) is 10.7. The fourth-order valence-electron chi connectivity index (χ4n) is 2.41. The first-order chi connectivity index (χ1) is 15.1. The van der Waals surface area contributed by atoms with Crippen LogP contribution in [0.4, 0.5) is 21.5 Å². The van der Waals surface area contributed by atoms with Gasteiger partial charge in [-0.05, 0) is 62.4 Å². The molecule has 0 saturated carbocycles. The quantitative estimate of drug-likeness (QED) is 0.493. The molecule has 8 nitrogen and oxygen atoms in total. The van der Waals surface area contributed by atoms with Crippen LogP contribution in [0.25, 0.3) is 0 Å². The van der Waals surface area contributed by atoms with Crippen LogP contribution in [0.5, 0.6) is 0 Å². The van der Waals surface area contributed by atoms with Crippen LogP contribution in [-0.4, -0.2) is 40.8 Å². The van der Waals surface area contributed by atoms with E-state index >= 15 is 0 Å². The Hall–Kier alpha value is -3.40. The molecule has 2 rings (SSSR count). The Morgan fingerprint density at radius 3 is 1.94 bits per heavy atom. The maximum atomic E-state index is 12.9. The summed E-state index contributed by atoms with van der Waals surface area (Å²) in [6.07, 6.45) is -1.05. The second-order valence-corrected chi connectivity index (χ2v) is 8.16. The number of carbonyl (C=O) groups excluding carboxylic acids is 4. The lowest BCUT2D eigenvalue weighted by Crippen LogP contribution is -2.33. The van der Waals surface area contributed by atoms with Crippen molar-refractivity contribution in [2.75, 3.05) is 21.7 Å². The fourth-order valence-corrected chi connectivity index (χ4v) is 3.07. The minimum Gasteiger partial charge on any atom is -0.452 e. The molecule has 0 radical (unpaired) electrons. The molecule has 2 atom stereocenters. The van der Waals surface area contributed by atoms with Gasteiger partial charge in [-0.15, -0.1) is 11.8 Å². The third-order valence-corrected chi connectivity index (χ3v) is 5.18. The smallest absolute Gasteiger partial charge is 0.319 e. The molecular weight excluding hydrogens is 437 g/mol. The summed E-state index contributed by atoms with van der Waals surface area (Å²) in [4.78, 5) is 47.5. The highest BCUT2D eigenvalue weighted by molar-refractivity contribution is 8.01. The predicted molar refractivity (Wildman–Crippen MR) is 122 cm³/mol. The maximum Gasteiger partial charge on any atom is 0.319 e. The highest BCUT2D eigenvalue weighted by Gasteiger charge is 2.23. The van der Waals surface area contributed by atoms with Crippen LogP contribution in [0.2, 0.25) is 0 Å². The molecular formula is C22H24FN3O5S. The summed E-state index contributed by atoms with van der Waals surface area (Å²) in [5.74, 6) is -2.13. The largest absolute Gasteiger partial charge is 0.452 e. The maximum absolute atomic E-state index is 12.9. The van der Waals surface area contributed by atoms with Gasteiger partial charge in [0.25, 0.3) is 5.91 Å². The molecule has 0 aliphatic carbocycles. The van der Waals surface area contributed by atoms with E-state index in [1.54, 1.807) is 31.2 Å². The van der Waals surface area contributed by atoms with Gasteiger partial charge in [0.05, 0.1) is 5.75 Å². The Bertz CT molecular complexity index is 967.